The lowest BCUT2D eigenvalue weighted by molar-refractivity contribution is -0.210. The number of aliphatic hydroxyl groups excluding tert-OH is 4. The number of hydrogen-bond acceptors (Lipinski definition) is 21. The van der Waals surface area contributed by atoms with Crippen LogP contribution in [-0.2, 0) is 19.3 Å². The van der Waals surface area contributed by atoms with Gasteiger partial charge in [-0.3, -0.25) is 78.2 Å². The van der Waals surface area contributed by atoms with E-state index in [1.807, 2.05) is 0 Å². The molecule has 2 saturated heterocycles. The van der Waals surface area contributed by atoms with E-state index < -0.39 is 105 Å². The van der Waals surface area contributed by atoms with E-state index in [2.05, 4.69) is 75.3 Å². The molecule has 50 heavy (non-hydrogen) atoms. The summed E-state index contributed by atoms with van der Waals surface area (Å²) in [6.07, 6.45) is -4.19. The van der Waals surface area contributed by atoms with E-state index in [4.69, 9.17) is 10.4 Å². The Hall–Kier alpha value is -2.73. The maximum absolute atomic E-state index is 11.7. The van der Waals surface area contributed by atoms with E-state index in [9.17, 15) is 45.0 Å². The van der Waals surface area contributed by atoms with Gasteiger partial charge in [-0.05, 0) is 25.7 Å². The van der Waals surface area contributed by atoms with Crippen LogP contribution in [0.4, 0.5) is 0 Å². The van der Waals surface area contributed by atoms with Crippen molar-refractivity contribution in [3.63, 3.8) is 0 Å². The van der Waals surface area contributed by atoms with Crippen LogP contribution in [0.15, 0.2) is 12.3 Å². The van der Waals surface area contributed by atoms with Crippen LogP contribution in [-0.4, -0.2) is 159 Å². The first-order valence-corrected chi connectivity index (χ1v) is 16.1. The zero-order chi connectivity index (χ0) is 36.8. The third-order valence-electron chi connectivity index (χ3n) is 8.13. The molecule has 0 aromatic carbocycles. The summed E-state index contributed by atoms with van der Waals surface area (Å²) in [5.41, 5.74) is 0. The Labute approximate surface area is 287 Å². The minimum atomic E-state index is -1.48. The van der Waals surface area contributed by atoms with Gasteiger partial charge in [-0.2, -0.15) is 0 Å². The van der Waals surface area contributed by atoms with E-state index in [1.165, 1.54) is 0 Å². The average Bonchev–Trinajstić information content (AvgIpc) is 3.08. The Kier molecular flexibility index (Phi) is 17.5. The van der Waals surface area contributed by atoms with E-state index in [-0.39, 0.29) is 25.2 Å². The fraction of sp³-hybridized carbons (Fsp3) is 0.808. The molecule has 0 radical (unpaired) electrons. The van der Waals surface area contributed by atoms with Crippen molar-refractivity contribution in [3.05, 3.63) is 12.3 Å². The molecular formula is C26H52N12O12. The molecule has 2 aliphatic heterocycles. The molecule has 3 fully saturated rings. The molecule has 1 saturated carbocycles. The summed E-state index contributed by atoms with van der Waals surface area (Å²) in [7, 11) is 0. The van der Waals surface area contributed by atoms with Crippen LogP contribution >= 0.6 is 0 Å². The first kappa shape index (κ1) is 41.7. The number of carboxylic acids is 3. The van der Waals surface area contributed by atoms with E-state index in [0.717, 1.165) is 0 Å². The highest BCUT2D eigenvalue weighted by molar-refractivity contribution is 5.80. The van der Waals surface area contributed by atoms with Crippen molar-refractivity contribution in [2.75, 3.05) is 26.3 Å². The molecule has 24 nitrogen and oxygen atoms in total. The number of carboxylic acid groups (broad SMARTS) is 3. The van der Waals surface area contributed by atoms with Crippen LogP contribution in [0.1, 0.15) is 32.1 Å². The highest BCUT2D eigenvalue weighted by Crippen LogP contribution is 2.19. The first-order valence-electron chi connectivity index (χ1n) is 16.1. The quantitative estimate of drug-likeness (QED) is 0.0280. The summed E-state index contributed by atoms with van der Waals surface area (Å²) >= 11 is 0. The molecule has 0 aromatic heterocycles. The van der Waals surface area contributed by atoms with E-state index >= 15 is 0 Å². The fourth-order valence-corrected chi connectivity index (χ4v) is 5.56. The SMILES string of the molecule is C=C(OO)C(NC1NC(NCC(O)CO)NC(NC2CCC(NC3NC(NCC(O)CO)NC(NC(CC(=O)O)C(=O)O)N3)CC2)N1)C(=O)O. The van der Waals surface area contributed by atoms with Gasteiger partial charge in [0.15, 0.2) is 11.8 Å². The second-order valence-electron chi connectivity index (χ2n) is 12.1. The van der Waals surface area contributed by atoms with Crippen molar-refractivity contribution in [1.82, 2.24) is 63.8 Å². The molecular weight excluding hydrogens is 672 g/mol. The molecule has 2 heterocycles. The molecule has 10 unspecified atom stereocenters. The second-order valence-corrected chi connectivity index (χ2v) is 12.1. The molecule has 3 rings (SSSR count). The maximum atomic E-state index is 11.7. The molecule has 10 atom stereocenters. The van der Waals surface area contributed by atoms with Gasteiger partial charge in [0.2, 0.25) is 0 Å². The van der Waals surface area contributed by atoms with Gasteiger partial charge in [0.1, 0.15) is 43.8 Å². The third kappa shape index (κ3) is 14.1. The number of aliphatic hydroxyl groups is 4. The lowest BCUT2D eigenvalue weighted by Crippen LogP contribution is -2.79. The maximum Gasteiger partial charge on any atom is 0.328 e. The van der Waals surface area contributed by atoms with Gasteiger partial charge in [-0.1, -0.05) is 6.58 Å². The van der Waals surface area contributed by atoms with Crippen molar-refractivity contribution >= 4 is 17.9 Å². The number of rotatable bonds is 22. The topological polar surface area (TPSA) is 367 Å². The normalized spacial score (nSPS) is 31.2. The lowest BCUT2D eigenvalue weighted by Gasteiger charge is -2.44. The standard InChI is InChI=1S/C26H52N12O12/c1-11(50-49)18(20(47)48)32-26-36-22(28-8-15(42)10-40)34-24(38-26)30-13-4-2-12(3-5-13)29-23-33-21(27-7-14(41)9-39)35-25(37-23)31-16(19(45)46)6-17(43)44/h12-16,18,21-42,49H,1-10H2,(H,43,44)(H,45,46)(H,47,48). The van der Waals surface area contributed by atoms with Crippen LogP contribution in [0.25, 0.3) is 0 Å². The summed E-state index contributed by atoms with van der Waals surface area (Å²) in [5.74, 6) is -4.43. The first-order chi connectivity index (χ1) is 23.8. The van der Waals surface area contributed by atoms with E-state index in [1.54, 1.807) is 0 Å². The van der Waals surface area contributed by atoms with Crippen LogP contribution in [0, 0.1) is 0 Å². The van der Waals surface area contributed by atoms with Gasteiger partial charge in [0.05, 0.1) is 31.8 Å². The fourth-order valence-electron chi connectivity index (χ4n) is 5.56. The van der Waals surface area contributed by atoms with Crippen molar-refractivity contribution in [1.29, 1.82) is 0 Å². The van der Waals surface area contributed by atoms with Crippen LogP contribution in [0.3, 0.4) is 0 Å². The van der Waals surface area contributed by atoms with Gasteiger partial charge < -0.3 is 40.6 Å². The Morgan fingerprint density at radius 3 is 1.48 bits per heavy atom. The summed E-state index contributed by atoms with van der Waals surface area (Å²) in [6.45, 7) is 2.47. The van der Waals surface area contributed by atoms with Gasteiger partial charge >= 0.3 is 17.9 Å². The van der Waals surface area contributed by atoms with Gasteiger partial charge in [0, 0.05) is 25.2 Å². The Morgan fingerprint density at radius 1 is 0.680 bits per heavy atom. The van der Waals surface area contributed by atoms with Crippen molar-refractivity contribution < 1.29 is 60.3 Å². The summed E-state index contributed by atoms with van der Waals surface area (Å²) < 4.78 is 0. The molecule has 0 spiro atoms. The zero-order valence-corrected chi connectivity index (χ0v) is 27.2. The molecule has 288 valence electrons. The summed E-state index contributed by atoms with van der Waals surface area (Å²) in [6, 6.07) is -2.90. The molecule has 3 aliphatic rings. The molecule has 0 aromatic rings. The zero-order valence-electron chi connectivity index (χ0n) is 27.2. The van der Waals surface area contributed by atoms with Crippen molar-refractivity contribution in [2.45, 2.75) is 106 Å². The predicted molar refractivity (Wildman–Crippen MR) is 170 cm³/mol. The number of nitrogens with one attached hydrogen (secondary N) is 12. The largest absolute Gasteiger partial charge is 0.481 e. The predicted octanol–water partition coefficient (Wildman–Crippen LogP) is -7.81. The molecule has 20 N–H and O–H groups in total. The monoisotopic (exact) mass is 724 g/mol. The minimum absolute atomic E-state index is 0.00317. The molecule has 1 aliphatic carbocycles. The minimum Gasteiger partial charge on any atom is -0.481 e. The highest BCUT2D eigenvalue weighted by Gasteiger charge is 2.35. The van der Waals surface area contributed by atoms with Gasteiger partial charge in [-0.25, -0.2) is 5.26 Å². The van der Waals surface area contributed by atoms with Crippen LogP contribution < -0.4 is 63.8 Å². The van der Waals surface area contributed by atoms with Crippen LogP contribution in [0.2, 0.25) is 0 Å². The average molecular weight is 725 g/mol. The van der Waals surface area contributed by atoms with Crippen LogP contribution in [0.5, 0.6) is 0 Å². The highest BCUT2D eigenvalue weighted by atomic mass is 17.1. The van der Waals surface area contributed by atoms with Gasteiger partial charge in [-0.15, -0.1) is 0 Å². The second kappa shape index (κ2) is 21.0. The van der Waals surface area contributed by atoms with Gasteiger partial charge in [0.25, 0.3) is 0 Å². The smallest absolute Gasteiger partial charge is 0.328 e. The molecule has 0 amide bonds. The lowest BCUT2D eigenvalue weighted by atomic mass is 9.91. The Balaban J connectivity index is 1.58. The van der Waals surface area contributed by atoms with E-state index in [0.29, 0.717) is 25.7 Å². The van der Waals surface area contributed by atoms with Crippen molar-refractivity contribution in [3.8, 4) is 0 Å². The molecule has 24 heteroatoms. The number of aliphatic carboxylic acids is 3. The van der Waals surface area contributed by atoms with Crippen molar-refractivity contribution in [2.24, 2.45) is 0 Å². The Bertz CT molecular complexity index is 1090. The summed E-state index contributed by atoms with van der Waals surface area (Å²) in [5, 5.41) is 112. The number of carbonyl (C=O) groups is 3. The third-order valence-corrected chi connectivity index (χ3v) is 8.13. The summed E-state index contributed by atoms with van der Waals surface area (Å²) in [4.78, 5) is 38.6. The Morgan fingerprint density at radius 2 is 1.10 bits per heavy atom. The molecule has 0 bridgehead atoms. The number of hydrogen-bond donors (Lipinski definition) is 20.